The van der Waals surface area contributed by atoms with Gasteiger partial charge in [-0.2, -0.15) is 0 Å². The van der Waals surface area contributed by atoms with Crippen LogP contribution in [-0.4, -0.2) is 45.8 Å². The lowest BCUT2D eigenvalue weighted by molar-refractivity contribution is -0.226. The van der Waals surface area contributed by atoms with Gasteiger partial charge in [-0.25, -0.2) is 8.78 Å². The molecule has 0 aromatic rings. The highest BCUT2D eigenvalue weighted by atomic mass is 19.1. The molecular weight excluding hydrogens is 354 g/mol. The highest BCUT2D eigenvalue weighted by Gasteiger charge is 2.74. The van der Waals surface area contributed by atoms with E-state index in [2.05, 4.69) is 0 Å². The molecule has 27 heavy (non-hydrogen) atoms. The number of hydrogen-bond donors (Lipinski definition) is 2. The molecule has 3 saturated carbocycles. The first-order valence-corrected chi connectivity index (χ1v) is 9.97. The Bertz CT molecular complexity index is 736. The second-order valence-corrected chi connectivity index (χ2v) is 9.58. The predicted octanol–water partition coefficient (Wildman–Crippen LogP) is 2.85. The van der Waals surface area contributed by atoms with Crippen LogP contribution in [0, 0.1) is 22.7 Å². The fourth-order valence-electron chi connectivity index (χ4n) is 7.14. The summed E-state index contributed by atoms with van der Waals surface area (Å²) in [6.45, 7) is 2.25. The van der Waals surface area contributed by atoms with Crippen LogP contribution in [0.3, 0.4) is 0 Å². The van der Waals surface area contributed by atoms with Crippen LogP contribution in [0.25, 0.3) is 0 Å². The van der Waals surface area contributed by atoms with Crippen LogP contribution in [0.1, 0.15) is 58.8 Å². The fraction of sp³-hybridized carbons (Fsp3) is 0.810. The molecule has 4 nitrogen and oxygen atoms in total. The molecule has 4 aliphatic rings. The Balaban J connectivity index is 1.80. The molecule has 0 saturated heterocycles. The molecule has 4 rings (SSSR count). The first kappa shape index (κ1) is 19.2. The maximum atomic E-state index is 16.8. The third kappa shape index (κ3) is 2.09. The van der Waals surface area contributed by atoms with Gasteiger partial charge in [-0.15, -0.1) is 0 Å². The Morgan fingerprint density at radius 1 is 1.22 bits per heavy atom. The number of halogens is 2. The smallest absolute Gasteiger partial charge is 0.195 e. The van der Waals surface area contributed by atoms with Gasteiger partial charge in [0.15, 0.2) is 18.2 Å². The number of aliphatic hydroxyl groups excluding tert-OH is 1. The number of allylic oxidation sites excluding steroid dienone is 1. The average molecular weight is 382 g/mol. The third-order valence-electron chi connectivity index (χ3n) is 8.78. The van der Waals surface area contributed by atoms with Crippen LogP contribution in [0.15, 0.2) is 11.6 Å². The number of alkyl halides is 2. The topological polar surface area (TPSA) is 74.6 Å². The summed E-state index contributed by atoms with van der Waals surface area (Å²) in [5, 5.41) is 22.1. The van der Waals surface area contributed by atoms with E-state index in [-0.39, 0.29) is 31.0 Å². The van der Waals surface area contributed by atoms with Crippen molar-refractivity contribution in [2.24, 2.45) is 22.7 Å². The molecule has 0 radical (unpaired) electrons. The molecule has 4 aliphatic carbocycles. The van der Waals surface area contributed by atoms with Crippen LogP contribution in [-0.2, 0) is 9.59 Å². The van der Waals surface area contributed by atoms with E-state index < -0.39 is 46.6 Å². The molecule has 0 unspecified atom stereocenters. The zero-order chi connectivity index (χ0) is 19.8. The van der Waals surface area contributed by atoms with E-state index in [1.54, 1.807) is 19.9 Å². The fourth-order valence-corrected chi connectivity index (χ4v) is 7.14. The number of fused-ring (bicyclic) bond motifs is 5. The van der Waals surface area contributed by atoms with Gasteiger partial charge in [0.2, 0.25) is 0 Å². The number of carbonyl (C=O) groups is 2. The maximum Gasteiger partial charge on any atom is 0.195 e. The molecule has 0 aromatic heterocycles. The minimum Gasteiger partial charge on any atom is -0.390 e. The van der Waals surface area contributed by atoms with E-state index in [9.17, 15) is 24.2 Å². The van der Waals surface area contributed by atoms with Crippen LogP contribution in [0.2, 0.25) is 0 Å². The Morgan fingerprint density at radius 3 is 2.59 bits per heavy atom. The molecule has 7 atom stereocenters. The Kier molecular flexibility index (Phi) is 4.05. The first-order valence-electron chi connectivity index (χ1n) is 9.97. The highest BCUT2D eigenvalue weighted by Crippen LogP contribution is 2.70. The van der Waals surface area contributed by atoms with E-state index in [1.807, 2.05) is 0 Å². The number of rotatable bonds is 2. The van der Waals surface area contributed by atoms with Gasteiger partial charge in [0.05, 0.1) is 6.10 Å². The van der Waals surface area contributed by atoms with Crippen molar-refractivity contribution < 1.29 is 28.6 Å². The van der Waals surface area contributed by atoms with E-state index >= 15 is 4.39 Å². The van der Waals surface area contributed by atoms with E-state index in [0.717, 1.165) is 5.57 Å². The summed E-state index contributed by atoms with van der Waals surface area (Å²) < 4.78 is 29.9. The van der Waals surface area contributed by atoms with Crippen molar-refractivity contribution in [3.63, 3.8) is 0 Å². The van der Waals surface area contributed by atoms with Gasteiger partial charge in [-0.1, -0.05) is 19.4 Å². The molecule has 0 spiro atoms. The molecular formula is C21H28F2O4. The summed E-state index contributed by atoms with van der Waals surface area (Å²) in [6, 6.07) is 0. The minimum absolute atomic E-state index is 0.00319. The number of carbonyl (C=O) groups excluding carboxylic acids is 2. The zero-order valence-electron chi connectivity index (χ0n) is 15.9. The molecule has 0 bridgehead atoms. The summed E-state index contributed by atoms with van der Waals surface area (Å²) in [4.78, 5) is 24.1. The van der Waals surface area contributed by atoms with Crippen LogP contribution >= 0.6 is 0 Å². The van der Waals surface area contributed by atoms with Crippen molar-refractivity contribution in [3.05, 3.63) is 11.6 Å². The lowest BCUT2D eigenvalue weighted by atomic mass is 9.44. The molecule has 0 amide bonds. The minimum atomic E-state index is -1.91. The van der Waals surface area contributed by atoms with Gasteiger partial charge in [0.25, 0.3) is 0 Å². The van der Waals surface area contributed by atoms with E-state index in [1.165, 1.54) is 0 Å². The number of aliphatic hydroxyl groups is 2. The summed E-state index contributed by atoms with van der Waals surface area (Å²) in [5.74, 6) is -1.69. The lowest BCUT2D eigenvalue weighted by Crippen LogP contribution is -2.69. The molecule has 150 valence electrons. The van der Waals surface area contributed by atoms with Crippen molar-refractivity contribution in [3.8, 4) is 0 Å². The number of hydrogen-bond acceptors (Lipinski definition) is 4. The molecule has 0 heterocycles. The summed E-state index contributed by atoms with van der Waals surface area (Å²) in [7, 11) is 0. The summed E-state index contributed by atoms with van der Waals surface area (Å²) in [6.07, 6.45) is 2.31. The molecule has 2 N–H and O–H groups in total. The van der Waals surface area contributed by atoms with Gasteiger partial charge in [0.1, 0.15) is 11.3 Å². The van der Waals surface area contributed by atoms with Crippen LogP contribution < -0.4 is 0 Å². The third-order valence-corrected chi connectivity index (χ3v) is 8.78. The second kappa shape index (κ2) is 5.69. The lowest BCUT2D eigenvalue weighted by Gasteiger charge is -2.63. The van der Waals surface area contributed by atoms with Crippen molar-refractivity contribution in [2.75, 3.05) is 6.67 Å². The van der Waals surface area contributed by atoms with Gasteiger partial charge >= 0.3 is 0 Å². The monoisotopic (exact) mass is 382 g/mol. The van der Waals surface area contributed by atoms with Crippen LogP contribution in [0.4, 0.5) is 8.78 Å². The van der Waals surface area contributed by atoms with E-state index in [4.69, 9.17) is 0 Å². The van der Waals surface area contributed by atoms with Crippen LogP contribution in [0.5, 0.6) is 0 Å². The highest BCUT2D eigenvalue weighted by molar-refractivity contribution is 5.92. The van der Waals surface area contributed by atoms with Gasteiger partial charge < -0.3 is 10.2 Å². The van der Waals surface area contributed by atoms with Crippen molar-refractivity contribution in [2.45, 2.75) is 76.2 Å². The Hall–Kier alpha value is -1.14. The van der Waals surface area contributed by atoms with Crippen molar-refractivity contribution >= 4 is 11.6 Å². The first-order chi connectivity index (χ1) is 12.5. The summed E-state index contributed by atoms with van der Waals surface area (Å²) >= 11 is 0. The predicted molar refractivity (Wildman–Crippen MR) is 94.4 cm³/mol. The quantitative estimate of drug-likeness (QED) is 0.770. The number of Topliss-reactive ketones (excluding diaryl/α,β-unsaturated/α-hetero) is 1. The Morgan fingerprint density at radius 2 is 1.93 bits per heavy atom. The Labute approximate surface area is 158 Å². The molecule has 3 fully saturated rings. The summed E-state index contributed by atoms with van der Waals surface area (Å²) in [5.41, 5.74) is -4.96. The molecule has 0 aromatic carbocycles. The standard InChI is InChI=1S/C21H28F2O4/c1-18-7-5-13(24)9-12(18)3-4-15-14-6-8-20(27,17(26)11-22)19(14,2)10-16(25)21(15,18)23/h9,14-16,25,27H,3-8,10-11H2,1-2H3/t14-,15-,16+,18-,19-,20+,21-/m0/s1. The number of ketones is 2. The SMILES string of the molecule is C[C@]12CCC(=O)C=C1CC[C@H]1[C@@H]3CC[C@@](O)(C(=O)CF)[C@@]3(C)C[C@@H](O)[C@@]12F. The van der Waals surface area contributed by atoms with Gasteiger partial charge in [0, 0.05) is 23.2 Å². The van der Waals surface area contributed by atoms with Gasteiger partial charge in [-0.3, -0.25) is 9.59 Å². The van der Waals surface area contributed by atoms with Gasteiger partial charge in [-0.05, 0) is 50.5 Å². The second-order valence-electron chi connectivity index (χ2n) is 9.58. The normalized spacial score (nSPS) is 51.9. The maximum absolute atomic E-state index is 16.8. The largest absolute Gasteiger partial charge is 0.390 e. The molecule has 0 aliphatic heterocycles. The van der Waals surface area contributed by atoms with E-state index in [0.29, 0.717) is 25.7 Å². The van der Waals surface area contributed by atoms with Crippen molar-refractivity contribution in [1.82, 2.24) is 0 Å². The molecule has 6 heteroatoms. The van der Waals surface area contributed by atoms with Crippen molar-refractivity contribution in [1.29, 1.82) is 0 Å². The zero-order valence-corrected chi connectivity index (χ0v) is 15.9. The average Bonchev–Trinajstić information content (AvgIpc) is 2.88.